The standard InChI is InChI=1S/C13H13N3/c1-2-11-16(12-7-3-5-9-14-12)13-8-4-6-10-15-13/h2-10H,1,11H2. The van der Waals surface area contributed by atoms with Crippen molar-refractivity contribution < 1.29 is 0 Å². The van der Waals surface area contributed by atoms with E-state index < -0.39 is 0 Å². The molecule has 0 N–H and O–H groups in total. The Kier molecular flexibility index (Phi) is 3.28. The highest BCUT2D eigenvalue weighted by Gasteiger charge is 2.08. The highest BCUT2D eigenvalue weighted by atomic mass is 15.2. The Balaban J connectivity index is 2.35. The van der Waals surface area contributed by atoms with Crippen LogP contribution in [0.25, 0.3) is 0 Å². The van der Waals surface area contributed by atoms with Gasteiger partial charge in [0.25, 0.3) is 0 Å². The number of pyridine rings is 2. The minimum absolute atomic E-state index is 0.689. The molecule has 0 aliphatic heterocycles. The molecule has 0 unspecified atom stereocenters. The SMILES string of the molecule is C=CCN(c1ccccn1)c1ccccn1. The molecule has 2 rings (SSSR count). The summed E-state index contributed by atoms with van der Waals surface area (Å²) in [6.07, 6.45) is 5.38. The van der Waals surface area contributed by atoms with Crippen molar-refractivity contribution >= 4 is 11.6 Å². The molecule has 0 bridgehead atoms. The van der Waals surface area contributed by atoms with E-state index >= 15 is 0 Å². The Morgan fingerprint density at radius 2 is 1.56 bits per heavy atom. The van der Waals surface area contributed by atoms with Gasteiger partial charge in [0.05, 0.1) is 0 Å². The Bertz CT molecular complexity index is 400. The molecule has 3 nitrogen and oxygen atoms in total. The van der Waals surface area contributed by atoms with Gasteiger partial charge >= 0.3 is 0 Å². The number of hydrogen-bond donors (Lipinski definition) is 0. The van der Waals surface area contributed by atoms with Crippen LogP contribution in [-0.4, -0.2) is 16.5 Å². The Morgan fingerprint density at radius 1 is 1.00 bits per heavy atom. The van der Waals surface area contributed by atoms with E-state index in [4.69, 9.17) is 0 Å². The quantitative estimate of drug-likeness (QED) is 0.728. The number of nitrogens with zero attached hydrogens (tertiary/aromatic N) is 3. The first-order chi connectivity index (χ1) is 7.92. The minimum Gasteiger partial charge on any atom is -0.307 e. The molecular weight excluding hydrogens is 198 g/mol. The summed E-state index contributed by atoms with van der Waals surface area (Å²) in [4.78, 5) is 10.6. The lowest BCUT2D eigenvalue weighted by Crippen LogP contribution is -2.18. The summed E-state index contributed by atoms with van der Waals surface area (Å²) in [7, 11) is 0. The van der Waals surface area contributed by atoms with Crippen molar-refractivity contribution in [3.63, 3.8) is 0 Å². The molecule has 0 fully saturated rings. The zero-order chi connectivity index (χ0) is 11.2. The summed E-state index contributed by atoms with van der Waals surface area (Å²) in [5.41, 5.74) is 0. The van der Waals surface area contributed by atoms with Gasteiger partial charge in [-0.1, -0.05) is 18.2 Å². The van der Waals surface area contributed by atoms with Gasteiger partial charge < -0.3 is 4.90 Å². The van der Waals surface area contributed by atoms with E-state index in [-0.39, 0.29) is 0 Å². The minimum atomic E-state index is 0.689. The summed E-state index contributed by atoms with van der Waals surface area (Å²) in [5, 5.41) is 0. The number of anilines is 2. The second-order valence-corrected chi connectivity index (χ2v) is 3.28. The fourth-order valence-corrected chi connectivity index (χ4v) is 1.46. The van der Waals surface area contributed by atoms with E-state index in [1.54, 1.807) is 12.4 Å². The van der Waals surface area contributed by atoms with Crippen LogP contribution in [0.3, 0.4) is 0 Å². The highest BCUT2D eigenvalue weighted by molar-refractivity contribution is 5.55. The normalized spacial score (nSPS) is 9.75. The molecule has 2 aromatic rings. The third kappa shape index (κ3) is 2.25. The van der Waals surface area contributed by atoms with Crippen molar-refractivity contribution in [2.45, 2.75) is 0 Å². The first-order valence-electron chi connectivity index (χ1n) is 5.12. The van der Waals surface area contributed by atoms with Crippen molar-refractivity contribution in [2.75, 3.05) is 11.4 Å². The molecule has 2 heterocycles. The second-order valence-electron chi connectivity index (χ2n) is 3.28. The molecule has 0 saturated carbocycles. The van der Waals surface area contributed by atoms with Crippen LogP contribution in [0.5, 0.6) is 0 Å². The second kappa shape index (κ2) is 5.07. The molecule has 0 atom stereocenters. The van der Waals surface area contributed by atoms with Crippen LogP contribution in [0, 0.1) is 0 Å². The van der Waals surface area contributed by atoms with Crippen molar-refractivity contribution in [2.24, 2.45) is 0 Å². The van der Waals surface area contributed by atoms with Gasteiger partial charge in [-0.2, -0.15) is 0 Å². The third-order valence-corrected chi connectivity index (χ3v) is 2.16. The van der Waals surface area contributed by atoms with E-state index in [1.807, 2.05) is 47.4 Å². The summed E-state index contributed by atoms with van der Waals surface area (Å²) in [6.45, 7) is 4.44. The average Bonchev–Trinajstić information content (AvgIpc) is 2.38. The van der Waals surface area contributed by atoms with Crippen LogP contribution >= 0.6 is 0 Å². The van der Waals surface area contributed by atoms with E-state index in [0.717, 1.165) is 11.6 Å². The Hall–Kier alpha value is -2.16. The largest absolute Gasteiger partial charge is 0.307 e. The molecule has 0 aliphatic carbocycles. The first-order valence-corrected chi connectivity index (χ1v) is 5.12. The van der Waals surface area contributed by atoms with Gasteiger partial charge in [0.1, 0.15) is 11.6 Å². The average molecular weight is 211 g/mol. The molecular formula is C13H13N3. The summed E-state index contributed by atoms with van der Waals surface area (Å²) in [6, 6.07) is 11.6. The van der Waals surface area contributed by atoms with Gasteiger partial charge in [0.15, 0.2) is 0 Å². The van der Waals surface area contributed by atoms with Crippen molar-refractivity contribution in [3.8, 4) is 0 Å². The topological polar surface area (TPSA) is 29.0 Å². The number of aromatic nitrogens is 2. The number of hydrogen-bond acceptors (Lipinski definition) is 3. The predicted octanol–water partition coefficient (Wildman–Crippen LogP) is 2.80. The van der Waals surface area contributed by atoms with E-state index in [9.17, 15) is 0 Å². The maximum atomic E-state index is 4.31. The van der Waals surface area contributed by atoms with Crippen LogP contribution in [-0.2, 0) is 0 Å². The third-order valence-electron chi connectivity index (χ3n) is 2.16. The maximum absolute atomic E-state index is 4.31. The number of rotatable bonds is 4. The van der Waals surface area contributed by atoms with E-state index in [0.29, 0.717) is 6.54 Å². The Labute approximate surface area is 95.1 Å². The van der Waals surface area contributed by atoms with Gasteiger partial charge in [-0.25, -0.2) is 9.97 Å². The zero-order valence-electron chi connectivity index (χ0n) is 8.95. The molecule has 0 aliphatic rings. The zero-order valence-corrected chi connectivity index (χ0v) is 8.95. The van der Waals surface area contributed by atoms with Gasteiger partial charge in [-0.3, -0.25) is 0 Å². The monoisotopic (exact) mass is 211 g/mol. The van der Waals surface area contributed by atoms with Gasteiger partial charge in [0.2, 0.25) is 0 Å². The highest BCUT2D eigenvalue weighted by Crippen LogP contribution is 2.19. The van der Waals surface area contributed by atoms with Gasteiger partial charge in [-0.05, 0) is 24.3 Å². The molecule has 0 saturated heterocycles. The lowest BCUT2D eigenvalue weighted by molar-refractivity contribution is 1.01. The van der Waals surface area contributed by atoms with Crippen LogP contribution in [0.4, 0.5) is 11.6 Å². The molecule has 16 heavy (non-hydrogen) atoms. The molecule has 0 spiro atoms. The Morgan fingerprint density at radius 3 is 1.94 bits per heavy atom. The molecule has 2 aromatic heterocycles. The molecule has 0 aromatic carbocycles. The molecule has 0 amide bonds. The lowest BCUT2D eigenvalue weighted by Gasteiger charge is -2.20. The van der Waals surface area contributed by atoms with Gasteiger partial charge in [-0.15, -0.1) is 6.58 Å². The van der Waals surface area contributed by atoms with Crippen molar-refractivity contribution in [1.29, 1.82) is 0 Å². The fraction of sp³-hybridized carbons (Fsp3) is 0.0769. The van der Waals surface area contributed by atoms with Gasteiger partial charge in [0, 0.05) is 18.9 Å². The maximum Gasteiger partial charge on any atom is 0.134 e. The molecule has 3 heteroatoms. The molecule has 80 valence electrons. The van der Waals surface area contributed by atoms with Crippen LogP contribution in [0.1, 0.15) is 0 Å². The lowest BCUT2D eigenvalue weighted by atomic mass is 10.3. The van der Waals surface area contributed by atoms with E-state index in [2.05, 4.69) is 16.5 Å². The van der Waals surface area contributed by atoms with Crippen molar-refractivity contribution in [3.05, 3.63) is 61.4 Å². The first kappa shape index (κ1) is 10.4. The van der Waals surface area contributed by atoms with Crippen LogP contribution < -0.4 is 4.90 Å². The van der Waals surface area contributed by atoms with Crippen molar-refractivity contribution in [1.82, 2.24) is 9.97 Å². The molecule has 0 radical (unpaired) electrons. The smallest absolute Gasteiger partial charge is 0.134 e. The van der Waals surface area contributed by atoms with Crippen LogP contribution in [0.15, 0.2) is 61.4 Å². The predicted molar refractivity (Wildman–Crippen MR) is 65.7 cm³/mol. The summed E-state index contributed by atoms with van der Waals surface area (Å²) >= 11 is 0. The van der Waals surface area contributed by atoms with E-state index in [1.165, 1.54) is 0 Å². The summed E-state index contributed by atoms with van der Waals surface area (Å²) in [5.74, 6) is 1.75. The summed E-state index contributed by atoms with van der Waals surface area (Å²) < 4.78 is 0. The van der Waals surface area contributed by atoms with Crippen LogP contribution in [0.2, 0.25) is 0 Å². The fourth-order valence-electron chi connectivity index (χ4n) is 1.46.